The number of amides is 1. The van der Waals surface area contributed by atoms with Crippen LogP contribution in [0.3, 0.4) is 0 Å². The van der Waals surface area contributed by atoms with Crippen LogP contribution in [-0.4, -0.2) is 57.9 Å². The zero-order chi connectivity index (χ0) is 16.2. The van der Waals surface area contributed by atoms with Crippen LogP contribution in [0.5, 0.6) is 0 Å². The molecule has 3 rings (SSSR count). The molecule has 23 heavy (non-hydrogen) atoms. The lowest BCUT2D eigenvalue weighted by Gasteiger charge is -2.23. The van der Waals surface area contributed by atoms with E-state index in [1.165, 1.54) is 0 Å². The van der Waals surface area contributed by atoms with Gasteiger partial charge in [-0.05, 0) is 24.1 Å². The summed E-state index contributed by atoms with van der Waals surface area (Å²) in [5.41, 5.74) is 1.68. The van der Waals surface area contributed by atoms with Gasteiger partial charge < -0.3 is 19.3 Å². The molecule has 1 fully saturated rings. The van der Waals surface area contributed by atoms with Gasteiger partial charge in [0.2, 0.25) is 0 Å². The van der Waals surface area contributed by atoms with Gasteiger partial charge in [-0.15, -0.1) is 0 Å². The van der Waals surface area contributed by atoms with E-state index in [2.05, 4.69) is 4.98 Å². The van der Waals surface area contributed by atoms with Crippen LogP contribution in [0.1, 0.15) is 22.3 Å². The summed E-state index contributed by atoms with van der Waals surface area (Å²) < 4.78 is 7.29. The Hall–Kier alpha value is -2.18. The number of aromatic nitrogens is 2. The van der Waals surface area contributed by atoms with Gasteiger partial charge in [-0.2, -0.15) is 0 Å². The van der Waals surface area contributed by atoms with E-state index in [1.807, 2.05) is 35.0 Å². The van der Waals surface area contributed by atoms with Gasteiger partial charge in [-0.1, -0.05) is 12.1 Å². The van der Waals surface area contributed by atoms with Crippen LogP contribution in [0, 0.1) is 0 Å². The van der Waals surface area contributed by atoms with Gasteiger partial charge in [-0.25, -0.2) is 4.98 Å². The second-order valence-electron chi connectivity index (χ2n) is 5.82. The Morgan fingerprint density at radius 3 is 3.04 bits per heavy atom. The fraction of sp³-hybridized carbons (Fsp3) is 0.412. The first kappa shape index (κ1) is 15.7. The number of carbonyl (C=O) groups is 1. The SMILES string of the molecule is CO[C@H]1C[C@@H](CO)N(C(=O)c2cccc(Cn3ccnc3)c2)C1. The normalized spacial score (nSPS) is 20.9. The van der Waals surface area contributed by atoms with Gasteiger partial charge in [0.15, 0.2) is 0 Å². The molecule has 1 aromatic heterocycles. The summed E-state index contributed by atoms with van der Waals surface area (Å²) in [7, 11) is 1.64. The average molecular weight is 315 g/mol. The number of hydrogen-bond donors (Lipinski definition) is 1. The molecule has 6 nitrogen and oxygen atoms in total. The molecule has 0 saturated carbocycles. The number of benzene rings is 1. The van der Waals surface area contributed by atoms with Gasteiger partial charge in [0, 0.05) is 38.2 Å². The molecule has 1 saturated heterocycles. The van der Waals surface area contributed by atoms with Gasteiger partial charge in [0.05, 0.1) is 25.1 Å². The fourth-order valence-corrected chi connectivity index (χ4v) is 3.03. The van der Waals surface area contributed by atoms with Crippen LogP contribution in [0.2, 0.25) is 0 Å². The Morgan fingerprint density at radius 2 is 2.35 bits per heavy atom. The molecule has 2 heterocycles. The molecular weight excluding hydrogens is 294 g/mol. The molecule has 1 aliphatic heterocycles. The highest BCUT2D eigenvalue weighted by Gasteiger charge is 2.35. The third-order valence-electron chi connectivity index (χ3n) is 4.28. The van der Waals surface area contributed by atoms with Crippen molar-refractivity contribution in [3.63, 3.8) is 0 Å². The van der Waals surface area contributed by atoms with E-state index >= 15 is 0 Å². The molecule has 1 N–H and O–H groups in total. The molecule has 6 heteroatoms. The van der Waals surface area contributed by atoms with Crippen molar-refractivity contribution < 1.29 is 14.6 Å². The summed E-state index contributed by atoms with van der Waals surface area (Å²) in [6.45, 7) is 1.15. The second-order valence-corrected chi connectivity index (χ2v) is 5.82. The fourth-order valence-electron chi connectivity index (χ4n) is 3.03. The molecule has 1 aromatic carbocycles. The number of ether oxygens (including phenoxy) is 1. The average Bonchev–Trinajstić information content (AvgIpc) is 3.23. The molecule has 0 spiro atoms. The molecule has 122 valence electrons. The van der Waals surface area contributed by atoms with Crippen LogP contribution >= 0.6 is 0 Å². The molecule has 0 bridgehead atoms. The maximum absolute atomic E-state index is 12.8. The lowest BCUT2D eigenvalue weighted by molar-refractivity contribution is 0.0647. The highest BCUT2D eigenvalue weighted by atomic mass is 16.5. The quantitative estimate of drug-likeness (QED) is 0.899. The third kappa shape index (κ3) is 3.43. The number of likely N-dealkylation sites (tertiary alicyclic amines) is 1. The Bertz CT molecular complexity index is 657. The minimum absolute atomic E-state index is 0.00905. The topological polar surface area (TPSA) is 67.6 Å². The van der Waals surface area contributed by atoms with Gasteiger partial charge >= 0.3 is 0 Å². The molecule has 0 radical (unpaired) electrons. The number of imidazole rings is 1. The molecule has 0 unspecified atom stereocenters. The third-order valence-corrected chi connectivity index (χ3v) is 4.28. The smallest absolute Gasteiger partial charge is 0.254 e. The number of rotatable bonds is 5. The Kier molecular flexibility index (Phi) is 4.73. The Morgan fingerprint density at radius 1 is 1.48 bits per heavy atom. The van der Waals surface area contributed by atoms with Crippen molar-refractivity contribution in [1.29, 1.82) is 0 Å². The zero-order valence-corrected chi connectivity index (χ0v) is 13.1. The second kappa shape index (κ2) is 6.93. The van der Waals surface area contributed by atoms with Crippen molar-refractivity contribution in [2.45, 2.75) is 25.1 Å². The highest BCUT2D eigenvalue weighted by molar-refractivity contribution is 5.94. The van der Waals surface area contributed by atoms with E-state index in [1.54, 1.807) is 24.5 Å². The molecule has 1 amide bonds. The van der Waals surface area contributed by atoms with Gasteiger partial charge in [0.1, 0.15) is 0 Å². The van der Waals surface area contributed by atoms with E-state index in [4.69, 9.17) is 4.74 Å². The molecular formula is C17H21N3O3. The minimum Gasteiger partial charge on any atom is -0.394 e. The maximum atomic E-state index is 12.8. The highest BCUT2D eigenvalue weighted by Crippen LogP contribution is 2.22. The van der Waals surface area contributed by atoms with Crippen molar-refractivity contribution in [3.05, 3.63) is 54.1 Å². The lowest BCUT2D eigenvalue weighted by atomic mass is 10.1. The van der Waals surface area contributed by atoms with Gasteiger partial charge in [-0.3, -0.25) is 4.79 Å². The first-order chi connectivity index (χ1) is 11.2. The monoisotopic (exact) mass is 315 g/mol. The predicted octanol–water partition coefficient (Wildman–Crippen LogP) is 1.15. The van der Waals surface area contributed by atoms with E-state index in [9.17, 15) is 9.90 Å². The first-order valence-corrected chi connectivity index (χ1v) is 7.70. The van der Waals surface area contributed by atoms with Crippen molar-refractivity contribution in [1.82, 2.24) is 14.5 Å². The molecule has 1 aliphatic rings. The van der Waals surface area contributed by atoms with Gasteiger partial charge in [0.25, 0.3) is 5.91 Å². The molecule has 2 atom stereocenters. The number of hydrogen-bond acceptors (Lipinski definition) is 4. The maximum Gasteiger partial charge on any atom is 0.254 e. The van der Waals surface area contributed by atoms with Crippen LogP contribution in [0.4, 0.5) is 0 Å². The Balaban J connectivity index is 1.77. The standard InChI is InChI=1S/C17H21N3O3/c1-23-16-8-15(11-21)20(10-16)17(22)14-4-2-3-13(7-14)9-19-6-5-18-12-19/h2-7,12,15-16,21H,8-11H2,1H3/t15-,16-/m0/s1. The van der Waals surface area contributed by atoms with E-state index < -0.39 is 0 Å². The van der Waals surface area contributed by atoms with Crippen molar-refractivity contribution in [3.8, 4) is 0 Å². The summed E-state index contributed by atoms with van der Waals surface area (Å²) >= 11 is 0. The summed E-state index contributed by atoms with van der Waals surface area (Å²) in [5, 5.41) is 9.51. The minimum atomic E-state index is -0.176. The first-order valence-electron chi connectivity index (χ1n) is 7.70. The van der Waals surface area contributed by atoms with Crippen molar-refractivity contribution in [2.75, 3.05) is 20.3 Å². The van der Waals surface area contributed by atoms with E-state index in [0.29, 0.717) is 25.1 Å². The number of methoxy groups -OCH3 is 1. The zero-order valence-electron chi connectivity index (χ0n) is 13.1. The van der Waals surface area contributed by atoms with Crippen LogP contribution in [0.25, 0.3) is 0 Å². The summed E-state index contributed by atoms with van der Waals surface area (Å²) in [4.78, 5) is 18.5. The summed E-state index contributed by atoms with van der Waals surface area (Å²) in [5.74, 6) is -0.0592. The number of nitrogens with zero attached hydrogens (tertiary/aromatic N) is 3. The van der Waals surface area contributed by atoms with Crippen molar-refractivity contribution in [2.24, 2.45) is 0 Å². The van der Waals surface area contributed by atoms with E-state index in [0.717, 1.165) is 5.56 Å². The number of carbonyl (C=O) groups excluding carboxylic acids is 1. The van der Waals surface area contributed by atoms with Crippen molar-refractivity contribution >= 4 is 5.91 Å². The predicted molar refractivity (Wildman–Crippen MR) is 85.1 cm³/mol. The summed E-state index contributed by atoms with van der Waals surface area (Å²) in [6, 6.07) is 7.41. The number of aliphatic hydroxyl groups excluding tert-OH is 1. The Labute approximate surface area is 135 Å². The van der Waals surface area contributed by atoms with Crippen LogP contribution < -0.4 is 0 Å². The molecule has 2 aromatic rings. The largest absolute Gasteiger partial charge is 0.394 e. The van der Waals surface area contributed by atoms with E-state index in [-0.39, 0.29) is 24.7 Å². The summed E-state index contributed by atoms with van der Waals surface area (Å²) in [6.07, 6.45) is 6.04. The van der Waals surface area contributed by atoms with Crippen LogP contribution in [-0.2, 0) is 11.3 Å². The molecule has 0 aliphatic carbocycles. The lowest BCUT2D eigenvalue weighted by Crippen LogP contribution is -2.38. The van der Waals surface area contributed by atoms with Crippen LogP contribution in [0.15, 0.2) is 43.0 Å². The number of aliphatic hydroxyl groups is 1.